The van der Waals surface area contributed by atoms with Crippen molar-refractivity contribution in [3.8, 4) is 0 Å². The third-order valence-corrected chi connectivity index (χ3v) is 3.22. The molecule has 4 nitrogen and oxygen atoms in total. The van der Waals surface area contributed by atoms with E-state index in [0.29, 0.717) is 18.2 Å². The van der Waals surface area contributed by atoms with Crippen LogP contribution in [0.15, 0.2) is 24.3 Å². The first-order valence-corrected chi connectivity index (χ1v) is 6.39. The molecule has 1 heterocycles. The van der Waals surface area contributed by atoms with Crippen molar-refractivity contribution in [2.75, 3.05) is 18.5 Å². The van der Waals surface area contributed by atoms with Gasteiger partial charge in [-0.2, -0.15) is 0 Å². The number of nitrogens with one attached hydrogen (secondary N) is 1. The maximum absolute atomic E-state index is 12.1. The van der Waals surface area contributed by atoms with E-state index >= 15 is 0 Å². The van der Waals surface area contributed by atoms with Gasteiger partial charge in [-0.3, -0.25) is 0 Å². The van der Waals surface area contributed by atoms with Crippen LogP contribution in [0, 0.1) is 0 Å². The Morgan fingerprint density at radius 3 is 2.72 bits per heavy atom. The Morgan fingerprint density at radius 2 is 2.06 bits per heavy atom. The van der Waals surface area contributed by atoms with E-state index in [1.54, 1.807) is 29.2 Å². The molecule has 1 aliphatic heterocycles. The maximum atomic E-state index is 12.1. The second-order valence-electron chi connectivity index (χ2n) is 4.58. The van der Waals surface area contributed by atoms with Crippen molar-refractivity contribution in [2.24, 2.45) is 0 Å². The lowest BCUT2D eigenvalue weighted by atomic mass is 10.2. The summed E-state index contributed by atoms with van der Waals surface area (Å²) in [5, 5.41) is 3.52. The summed E-state index contributed by atoms with van der Waals surface area (Å²) in [6.07, 6.45) is 0.0807. The molecule has 98 valence electrons. The number of rotatable bonds is 1. The number of benzene rings is 1. The van der Waals surface area contributed by atoms with Crippen LogP contribution in [0.3, 0.4) is 0 Å². The van der Waals surface area contributed by atoms with Crippen molar-refractivity contribution < 1.29 is 9.53 Å². The number of hydrogen-bond donors (Lipinski definition) is 1. The van der Waals surface area contributed by atoms with Gasteiger partial charge in [0.2, 0.25) is 0 Å². The van der Waals surface area contributed by atoms with Gasteiger partial charge in [-0.05, 0) is 38.1 Å². The molecule has 0 saturated carbocycles. The standard InChI is InChI=1S/C13H17ClN2O2/c1-9-8-18-10(2)7-16(9)13(17)15-12-5-3-11(14)4-6-12/h3-6,9-10H,7-8H2,1-2H3,(H,15,17). The van der Waals surface area contributed by atoms with Crippen molar-refractivity contribution >= 4 is 23.3 Å². The zero-order valence-electron chi connectivity index (χ0n) is 10.5. The molecule has 0 aliphatic carbocycles. The lowest BCUT2D eigenvalue weighted by molar-refractivity contribution is -0.0296. The summed E-state index contributed by atoms with van der Waals surface area (Å²) >= 11 is 5.80. The Labute approximate surface area is 112 Å². The fraction of sp³-hybridized carbons (Fsp3) is 0.462. The summed E-state index contributed by atoms with van der Waals surface area (Å²) in [6.45, 7) is 5.14. The molecule has 18 heavy (non-hydrogen) atoms. The van der Waals surface area contributed by atoms with E-state index in [4.69, 9.17) is 16.3 Å². The Kier molecular flexibility index (Phi) is 4.09. The number of ether oxygens (including phenoxy) is 1. The van der Waals surface area contributed by atoms with E-state index in [1.807, 2.05) is 13.8 Å². The van der Waals surface area contributed by atoms with Crippen LogP contribution in [-0.2, 0) is 4.74 Å². The average Bonchev–Trinajstić information content (AvgIpc) is 2.35. The molecule has 1 aliphatic rings. The van der Waals surface area contributed by atoms with E-state index in [9.17, 15) is 4.79 Å². The van der Waals surface area contributed by atoms with Gasteiger partial charge in [0.1, 0.15) is 0 Å². The molecule has 1 saturated heterocycles. The van der Waals surface area contributed by atoms with Crippen molar-refractivity contribution in [2.45, 2.75) is 26.0 Å². The van der Waals surface area contributed by atoms with Gasteiger partial charge < -0.3 is 15.0 Å². The molecule has 0 aromatic heterocycles. The Hall–Kier alpha value is -1.26. The molecule has 2 atom stereocenters. The number of urea groups is 1. The van der Waals surface area contributed by atoms with Crippen LogP contribution < -0.4 is 5.32 Å². The quantitative estimate of drug-likeness (QED) is 0.851. The van der Waals surface area contributed by atoms with Gasteiger partial charge in [0.15, 0.2) is 0 Å². The summed E-state index contributed by atoms with van der Waals surface area (Å²) in [5.41, 5.74) is 0.746. The Bertz CT molecular complexity index is 422. The van der Waals surface area contributed by atoms with Gasteiger partial charge in [-0.1, -0.05) is 11.6 Å². The molecule has 5 heteroatoms. The van der Waals surface area contributed by atoms with Crippen molar-refractivity contribution in [3.63, 3.8) is 0 Å². The topological polar surface area (TPSA) is 41.6 Å². The number of halogens is 1. The Morgan fingerprint density at radius 1 is 1.39 bits per heavy atom. The first-order chi connectivity index (χ1) is 8.56. The van der Waals surface area contributed by atoms with Crippen LogP contribution in [0.2, 0.25) is 5.02 Å². The molecule has 1 fully saturated rings. The smallest absolute Gasteiger partial charge is 0.322 e. The second kappa shape index (κ2) is 5.59. The van der Waals surface area contributed by atoms with Gasteiger partial charge in [0.05, 0.1) is 18.8 Å². The minimum Gasteiger partial charge on any atom is -0.375 e. The highest BCUT2D eigenvalue weighted by Crippen LogP contribution is 2.16. The fourth-order valence-corrected chi connectivity index (χ4v) is 2.04. The Balaban J connectivity index is 2.00. The number of carbonyl (C=O) groups is 1. The van der Waals surface area contributed by atoms with Gasteiger partial charge in [-0.25, -0.2) is 4.79 Å². The number of amides is 2. The lowest BCUT2D eigenvalue weighted by Crippen LogP contribution is -2.51. The molecule has 0 bridgehead atoms. The second-order valence-corrected chi connectivity index (χ2v) is 5.02. The lowest BCUT2D eigenvalue weighted by Gasteiger charge is -2.36. The minimum absolute atomic E-state index is 0.0807. The van der Waals surface area contributed by atoms with Crippen molar-refractivity contribution in [1.29, 1.82) is 0 Å². The van der Waals surface area contributed by atoms with Crippen LogP contribution in [0.5, 0.6) is 0 Å². The third kappa shape index (κ3) is 3.15. The highest BCUT2D eigenvalue weighted by molar-refractivity contribution is 6.30. The van der Waals surface area contributed by atoms with Crippen LogP contribution in [0.4, 0.5) is 10.5 Å². The fourth-order valence-electron chi connectivity index (χ4n) is 1.91. The van der Waals surface area contributed by atoms with Crippen LogP contribution in [-0.4, -0.2) is 36.2 Å². The predicted molar refractivity (Wildman–Crippen MR) is 72.1 cm³/mol. The molecular formula is C13H17ClN2O2. The monoisotopic (exact) mass is 268 g/mol. The summed E-state index contributed by atoms with van der Waals surface area (Å²) in [4.78, 5) is 13.9. The van der Waals surface area contributed by atoms with E-state index in [2.05, 4.69) is 5.32 Å². The first-order valence-electron chi connectivity index (χ1n) is 6.01. The maximum Gasteiger partial charge on any atom is 0.322 e. The largest absolute Gasteiger partial charge is 0.375 e. The molecule has 0 radical (unpaired) electrons. The molecule has 1 aromatic carbocycles. The highest BCUT2D eigenvalue weighted by Gasteiger charge is 2.27. The van der Waals surface area contributed by atoms with Crippen LogP contribution >= 0.6 is 11.6 Å². The van der Waals surface area contributed by atoms with E-state index < -0.39 is 0 Å². The van der Waals surface area contributed by atoms with Gasteiger partial charge >= 0.3 is 6.03 Å². The molecule has 1 N–H and O–H groups in total. The SMILES string of the molecule is CC1CN(C(=O)Nc2ccc(Cl)cc2)C(C)CO1. The van der Waals surface area contributed by atoms with Crippen LogP contribution in [0.1, 0.15) is 13.8 Å². The summed E-state index contributed by atoms with van der Waals surface area (Å²) in [5.74, 6) is 0. The highest BCUT2D eigenvalue weighted by atomic mass is 35.5. The van der Waals surface area contributed by atoms with E-state index in [1.165, 1.54) is 0 Å². The summed E-state index contributed by atoms with van der Waals surface area (Å²) in [6, 6.07) is 7.07. The van der Waals surface area contributed by atoms with Gasteiger partial charge in [0, 0.05) is 17.3 Å². The zero-order valence-corrected chi connectivity index (χ0v) is 11.3. The number of nitrogens with zero attached hydrogens (tertiary/aromatic N) is 1. The number of anilines is 1. The van der Waals surface area contributed by atoms with Gasteiger partial charge in [0.25, 0.3) is 0 Å². The van der Waals surface area contributed by atoms with E-state index in [0.717, 1.165) is 5.69 Å². The molecule has 1 aromatic rings. The predicted octanol–water partition coefficient (Wildman–Crippen LogP) is 2.98. The summed E-state index contributed by atoms with van der Waals surface area (Å²) < 4.78 is 5.50. The van der Waals surface area contributed by atoms with Crippen LogP contribution in [0.25, 0.3) is 0 Å². The van der Waals surface area contributed by atoms with Crippen molar-refractivity contribution in [3.05, 3.63) is 29.3 Å². The number of hydrogen-bond acceptors (Lipinski definition) is 2. The molecule has 2 rings (SSSR count). The minimum atomic E-state index is -0.0972. The number of morpholine rings is 1. The third-order valence-electron chi connectivity index (χ3n) is 2.96. The molecule has 2 unspecified atom stereocenters. The molecule has 0 spiro atoms. The zero-order chi connectivity index (χ0) is 13.1. The first kappa shape index (κ1) is 13.2. The molecular weight excluding hydrogens is 252 g/mol. The van der Waals surface area contributed by atoms with Gasteiger partial charge in [-0.15, -0.1) is 0 Å². The number of carbonyl (C=O) groups excluding carboxylic acids is 1. The van der Waals surface area contributed by atoms with Crippen molar-refractivity contribution in [1.82, 2.24) is 4.90 Å². The average molecular weight is 269 g/mol. The molecule has 2 amide bonds. The van der Waals surface area contributed by atoms with E-state index in [-0.39, 0.29) is 18.2 Å². The normalized spacial score (nSPS) is 23.8. The summed E-state index contributed by atoms with van der Waals surface area (Å²) in [7, 11) is 0.